The molecule has 2 heterocycles. The number of hydrogen-bond acceptors (Lipinski definition) is 6. The standard InChI is InChI=1S/C24H30N4O3/c1-18-19-14-21-22(31-13-12-30-21)15-20(19)24(6-2-3-7-24)17-28(18)16-23(29)27(10-4-8-25)11-5-9-26/h14-15,18H,2-7,10-13,16-17H2,1H3. The van der Waals surface area contributed by atoms with Gasteiger partial charge in [0.25, 0.3) is 0 Å². The first-order valence-corrected chi connectivity index (χ1v) is 11.3. The molecule has 31 heavy (non-hydrogen) atoms. The van der Waals surface area contributed by atoms with Crippen molar-refractivity contribution in [2.75, 3.05) is 39.4 Å². The fraction of sp³-hybridized carbons (Fsp3) is 0.625. The van der Waals surface area contributed by atoms with Crippen molar-refractivity contribution in [3.8, 4) is 23.6 Å². The van der Waals surface area contributed by atoms with Crippen molar-refractivity contribution in [3.05, 3.63) is 23.3 Å². The molecule has 1 fully saturated rings. The molecule has 164 valence electrons. The summed E-state index contributed by atoms with van der Waals surface area (Å²) in [4.78, 5) is 17.1. The minimum absolute atomic E-state index is 0.00788. The minimum Gasteiger partial charge on any atom is -0.486 e. The summed E-state index contributed by atoms with van der Waals surface area (Å²) in [7, 11) is 0. The van der Waals surface area contributed by atoms with E-state index < -0.39 is 0 Å². The van der Waals surface area contributed by atoms with Gasteiger partial charge in [0.15, 0.2) is 11.5 Å². The molecule has 0 radical (unpaired) electrons. The van der Waals surface area contributed by atoms with Crippen LogP contribution in [0.2, 0.25) is 0 Å². The van der Waals surface area contributed by atoms with E-state index in [9.17, 15) is 4.79 Å². The molecule has 0 N–H and O–H groups in total. The van der Waals surface area contributed by atoms with Crippen LogP contribution in [0, 0.1) is 22.7 Å². The van der Waals surface area contributed by atoms with Crippen LogP contribution in [0.15, 0.2) is 12.1 Å². The summed E-state index contributed by atoms with van der Waals surface area (Å²) in [6, 6.07) is 8.60. The molecule has 2 aliphatic heterocycles. The number of hydrogen-bond donors (Lipinski definition) is 0. The van der Waals surface area contributed by atoms with Crippen LogP contribution in [0.4, 0.5) is 0 Å². The lowest BCUT2D eigenvalue weighted by molar-refractivity contribution is -0.133. The second-order valence-electron chi connectivity index (χ2n) is 8.85. The molecule has 1 atom stereocenters. The van der Waals surface area contributed by atoms with Gasteiger partial charge in [-0.2, -0.15) is 10.5 Å². The van der Waals surface area contributed by atoms with E-state index in [1.165, 1.54) is 24.0 Å². The Bertz CT molecular complexity index is 893. The van der Waals surface area contributed by atoms with Gasteiger partial charge in [-0.3, -0.25) is 9.69 Å². The molecule has 3 aliphatic rings. The molecule has 1 saturated carbocycles. The maximum atomic E-state index is 13.1. The van der Waals surface area contributed by atoms with E-state index in [0.29, 0.717) is 32.8 Å². The van der Waals surface area contributed by atoms with Crippen LogP contribution in [0.3, 0.4) is 0 Å². The highest BCUT2D eigenvalue weighted by Gasteiger charge is 2.45. The van der Waals surface area contributed by atoms with Gasteiger partial charge in [-0.25, -0.2) is 0 Å². The molecule has 0 bridgehead atoms. The number of fused-ring (bicyclic) bond motifs is 3. The first-order chi connectivity index (χ1) is 15.1. The first kappa shape index (κ1) is 21.5. The summed E-state index contributed by atoms with van der Waals surface area (Å²) in [5, 5.41) is 17.9. The highest BCUT2D eigenvalue weighted by atomic mass is 16.6. The van der Waals surface area contributed by atoms with E-state index in [1.54, 1.807) is 4.90 Å². The van der Waals surface area contributed by atoms with Crippen LogP contribution >= 0.6 is 0 Å². The minimum atomic E-state index is -0.00788. The summed E-state index contributed by atoms with van der Waals surface area (Å²) in [5.41, 5.74) is 2.63. The zero-order chi connectivity index (χ0) is 21.8. The largest absolute Gasteiger partial charge is 0.486 e. The summed E-state index contributed by atoms with van der Waals surface area (Å²) >= 11 is 0. The van der Waals surface area contributed by atoms with E-state index in [2.05, 4.69) is 36.1 Å². The summed E-state index contributed by atoms with van der Waals surface area (Å²) < 4.78 is 11.7. The number of rotatable bonds is 6. The van der Waals surface area contributed by atoms with E-state index >= 15 is 0 Å². The van der Waals surface area contributed by atoms with Gasteiger partial charge in [0.05, 0.1) is 31.5 Å². The molecule has 7 heteroatoms. The van der Waals surface area contributed by atoms with Crippen molar-refractivity contribution >= 4 is 5.91 Å². The Morgan fingerprint density at radius 1 is 1.13 bits per heavy atom. The molecular formula is C24H30N4O3. The molecule has 1 spiro atoms. The molecule has 0 saturated heterocycles. The zero-order valence-corrected chi connectivity index (χ0v) is 18.2. The van der Waals surface area contributed by atoms with E-state index in [1.807, 2.05) is 0 Å². The van der Waals surface area contributed by atoms with Crippen molar-refractivity contribution in [2.45, 2.75) is 56.9 Å². The van der Waals surface area contributed by atoms with Gasteiger partial charge in [-0.05, 0) is 43.0 Å². The molecular weight excluding hydrogens is 392 g/mol. The number of carbonyl (C=O) groups excluding carboxylic acids is 1. The molecule has 1 unspecified atom stereocenters. The zero-order valence-electron chi connectivity index (χ0n) is 18.2. The Morgan fingerprint density at radius 2 is 1.74 bits per heavy atom. The number of nitriles is 2. The van der Waals surface area contributed by atoms with Crippen LogP contribution in [-0.2, 0) is 10.2 Å². The Labute approximate surface area is 184 Å². The predicted molar refractivity (Wildman–Crippen MR) is 115 cm³/mol. The number of carbonyl (C=O) groups is 1. The number of nitrogens with zero attached hydrogens (tertiary/aromatic N) is 4. The molecule has 1 aliphatic carbocycles. The topological polar surface area (TPSA) is 89.6 Å². The van der Waals surface area contributed by atoms with Crippen LogP contribution in [0.5, 0.6) is 11.5 Å². The number of amides is 1. The van der Waals surface area contributed by atoms with Crippen LogP contribution in [0.1, 0.15) is 62.6 Å². The van der Waals surface area contributed by atoms with Gasteiger partial charge in [-0.15, -0.1) is 0 Å². The normalized spacial score (nSPS) is 21.2. The highest BCUT2D eigenvalue weighted by Crippen LogP contribution is 2.51. The fourth-order valence-electron chi connectivity index (χ4n) is 5.39. The molecule has 7 nitrogen and oxygen atoms in total. The van der Waals surface area contributed by atoms with E-state index in [0.717, 1.165) is 30.9 Å². The second-order valence-corrected chi connectivity index (χ2v) is 8.85. The average Bonchev–Trinajstić information content (AvgIpc) is 3.25. The molecule has 4 rings (SSSR count). The predicted octanol–water partition coefficient (Wildman–Crippen LogP) is 3.30. The van der Waals surface area contributed by atoms with Crippen molar-refractivity contribution < 1.29 is 14.3 Å². The summed E-state index contributed by atoms with van der Waals surface area (Å²) in [6.45, 7) is 5.18. The van der Waals surface area contributed by atoms with Gasteiger partial charge in [0, 0.05) is 31.1 Å². The van der Waals surface area contributed by atoms with Crippen LogP contribution in [-0.4, -0.2) is 55.1 Å². The van der Waals surface area contributed by atoms with E-state index in [-0.39, 0.29) is 30.2 Å². The third-order valence-electron chi connectivity index (χ3n) is 7.03. The lowest BCUT2D eigenvalue weighted by Gasteiger charge is -2.46. The van der Waals surface area contributed by atoms with Crippen LogP contribution < -0.4 is 9.47 Å². The molecule has 1 aromatic rings. The molecule has 0 aromatic heterocycles. The smallest absolute Gasteiger partial charge is 0.236 e. The summed E-state index contributed by atoms with van der Waals surface area (Å²) in [5.74, 6) is 1.63. The van der Waals surface area contributed by atoms with Gasteiger partial charge >= 0.3 is 0 Å². The van der Waals surface area contributed by atoms with E-state index in [4.69, 9.17) is 20.0 Å². The lowest BCUT2D eigenvalue weighted by Crippen LogP contribution is -2.50. The lowest BCUT2D eigenvalue weighted by atomic mass is 9.71. The maximum Gasteiger partial charge on any atom is 0.236 e. The van der Waals surface area contributed by atoms with Crippen LogP contribution in [0.25, 0.3) is 0 Å². The summed E-state index contributed by atoms with van der Waals surface area (Å²) in [6.07, 6.45) is 5.18. The Balaban J connectivity index is 1.61. The van der Waals surface area contributed by atoms with Gasteiger partial charge in [0.2, 0.25) is 5.91 Å². The number of ether oxygens (including phenoxy) is 2. The SMILES string of the molecule is CC1c2cc3c(cc2C2(CCCC2)CN1CC(=O)N(CCC#N)CCC#N)OCCO3. The Hall–Kier alpha value is -2.77. The average molecular weight is 423 g/mol. The Morgan fingerprint density at radius 3 is 2.35 bits per heavy atom. The second kappa shape index (κ2) is 9.16. The van der Waals surface area contributed by atoms with Crippen molar-refractivity contribution in [1.29, 1.82) is 10.5 Å². The van der Waals surface area contributed by atoms with Gasteiger partial charge in [-0.1, -0.05) is 12.8 Å². The molecule has 1 aromatic carbocycles. The van der Waals surface area contributed by atoms with Gasteiger partial charge in [0.1, 0.15) is 13.2 Å². The van der Waals surface area contributed by atoms with Gasteiger partial charge < -0.3 is 14.4 Å². The van der Waals surface area contributed by atoms with Crippen molar-refractivity contribution in [3.63, 3.8) is 0 Å². The van der Waals surface area contributed by atoms with Crippen molar-refractivity contribution in [2.24, 2.45) is 0 Å². The molecule has 1 amide bonds. The third kappa shape index (κ3) is 4.20. The quantitative estimate of drug-likeness (QED) is 0.699. The number of benzene rings is 1. The third-order valence-corrected chi connectivity index (χ3v) is 7.03. The Kier molecular flexibility index (Phi) is 6.34. The first-order valence-electron chi connectivity index (χ1n) is 11.3. The monoisotopic (exact) mass is 422 g/mol. The maximum absolute atomic E-state index is 13.1. The fourth-order valence-corrected chi connectivity index (χ4v) is 5.39. The van der Waals surface area contributed by atoms with Crippen molar-refractivity contribution in [1.82, 2.24) is 9.80 Å². The highest BCUT2D eigenvalue weighted by molar-refractivity contribution is 5.78.